The number of fused-ring (bicyclic) bond motifs is 1. The molecule has 0 radical (unpaired) electrons. The standard InChI is InChI=1S/C22H15N3O2S/c23-13-15-4-3-5-18(12-15)27-14-21(26)24-17-10-8-16(9-11-17)22-25-19-6-1-2-7-20(19)28-22/h1-12H,14H2,(H,24,26). The van der Waals surface area contributed by atoms with E-state index < -0.39 is 0 Å². The number of para-hydroxylation sites is 1. The summed E-state index contributed by atoms with van der Waals surface area (Å²) in [4.78, 5) is 16.7. The Morgan fingerprint density at radius 3 is 2.68 bits per heavy atom. The van der Waals surface area contributed by atoms with Gasteiger partial charge in [0.2, 0.25) is 0 Å². The average molecular weight is 385 g/mol. The van der Waals surface area contributed by atoms with Gasteiger partial charge in [0, 0.05) is 11.3 Å². The first-order chi connectivity index (χ1) is 13.7. The van der Waals surface area contributed by atoms with Crippen LogP contribution < -0.4 is 10.1 Å². The Morgan fingerprint density at radius 1 is 1.07 bits per heavy atom. The number of thiazole rings is 1. The number of carbonyl (C=O) groups excluding carboxylic acids is 1. The highest BCUT2D eigenvalue weighted by Crippen LogP contribution is 2.30. The molecule has 4 aromatic rings. The summed E-state index contributed by atoms with van der Waals surface area (Å²) in [6, 6.07) is 24.3. The number of hydrogen-bond acceptors (Lipinski definition) is 5. The number of benzene rings is 3. The van der Waals surface area contributed by atoms with Gasteiger partial charge in [-0.3, -0.25) is 4.79 Å². The largest absolute Gasteiger partial charge is 0.484 e. The minimum absolute atomic E-state index is 0.130. The third-order valence-corrected chi connectivity index (χ3v) is 5.13. The minimum Gasteiger partial charge on any atom is -0.484 e. The van der Waals surface area contributed by atoms with Gasteiger partial charge in [0.05, 0.1) is 21.8 Å². The van der Waals surface area contributed by atoms with Crippen molar-refractivity contribution in [2.24, 2.45) is 0 Å². The number of ether oxygens (including phenoxy) is 1. The molecule has 0 unspecified atom stereocenters. The van der Waals surface area contributed by atoms with E-state index in [0.29, 0.717) is 17.0 Å². The maximum atomic E-state index is 12.1. The number of anilines is 1. The van der Waals surface area contributed by atoms with Crippen LogP contribution in [-0.4, -0.2) is 17.5 Å². The molecule has 0 saturated carbocycles. The molecular weight excluding hydrogens is 370 g/mol. The van der Waals surface area contributed by atoms with Crippen molar-refractivity contribution >= 4 is 33.1 Å². The van der Waals surface area contributed by atoms with E-state index in [-0.39, 0.29) is 12.5 Å². The molecule has 5 nitrogen and oxygen atoms in total. The Labute approximate surface area is 165 Å². The number of nitriles is 1. The lowest BCUT2D eigenvalue weighted by Gasteiger charge is -2.08. The monoisotopic (exact) mass is 385 g/mol. The van der Waals surface area contributed by atoms with Gasteiger partial charge in [-0.15, -0.1) is 11.3 Å². The molecule has 1 amide bonds. The first-order valence-electron chi connectivity index (χ1n) is 8.60. The van der Waals surface area contributed by atoms with Crippen LogP contribution in [0.1, 0.15) is 5.56 Å². The molecule has 0 fully saturated rings. The number of hydrogen-bond donors (Lipinski definition) is 1. The molecule has 1 N–H and O–H groups in total. The Morgan fingerprint density at radius 2 is 1.89 bits per heavy atom. The van der Waals surface area contributed by atoms with Gasteiger partial charge in [-0.2, -0.15) is 5.26 Å². The fourth-order valence-electron chi connectivity index (χ4n) is 2.69. The molecule has 0 saturated heterocycles. The highest BCUT2D eigenvalue weighted by molar-refractivity contribution is 7.21. The van der Waals surface area contributed by atoms with Crippen molar-refractivity contribution in [3.05, 3.63) is 78.4 Å². The number of nitrogens with zero attached hydrogens (tertiary/aromatic N) is 2. The average Bonchev–Trinajstić information content (AvgIpc) is 3.17. The Hall–Kier alpha value is -3.69. The molecule has 28 heavy (non-hydrogen) atoms. The lowest BCUT2D eigenvalue weighted by atomic mass is 10.2. The second-order valence-corrected chi connectivity index (χ2v) is 7.07. The van der Waals surface area contributed by atoms with Gasteiger partial charge in [-0.05, 0) is 54.6 Å². The van der Waals surface area contributed by atoms with Gasteiger partial charge in [-0.1, -0.05) is 18.2 Å². The predicted molar refractivity (Wildman–Crippen MR) is 110 cm³/mol. The maximum absolute atomic E-state index is 12.1. The zero-order valence-corrected chi connectivity index (χ0v) is 15.6. The summed E-state index contributed by atoms with van der Waals surface area (Å²) in [5, 5.41) is 12.6. The number of aromatic nitrogens is 1. The predicted octanol–water partition coefficient (Wildman–Crippen LogP) is 4.85. The minimum atomic E-state index is -0.268. The third-order valence-electron chi connectivity index (χ3n) is 4.04. The SMILES string of the molecule is N#Cc1cccc(OCC(=O)Nc2ccc(-c3nc4ccccc4s3)cc2)c1. The highest BCUT2D eigenvalue weighted by Gasteiger charge is 2.08. The summed E-state index contributed by atoms with van der Waals surface area (Å²) in [5.41, 5.74) is 3.16. The van der Waals surface area contributed by atoms with E-state index in [4.69, 9.17) is 10.00 Å². The van der Waals surface area contributed by atoms with Crippen molar-refractivity contribution in [1.82, 2.24) is 4.98 Å². The maximum Gasteiger partial charge on any atom is 0.262 e. The van der Waals surface area contributed by atoms with E-state index in [1.165, 1.54) is 0 Å². The van der Waals surface area contributed by atoms with Gasteiger partial charge < -0.3 is 10.1 Å². The highest BCUT2D eigenvalue weighted by atomic mass is 32.1. The Balaban J connectivity index is 1.38. The van der Waals surface area contributed by atoms with Crippen molar-refractivity contribution in [2.45, 2.75) is 0 Å². The molecule has 0 aliphatic carbocycles. The third kappa shape index (κ3) is 4.00. The zero-order valence-electron chi connectivity index (χ0n) is 14.8. The summed E-state index contributed by atoms with van der Waals surface area (Å²) >= 11 is 1.64. The fourth-order valence-corrected chi connectivity index (χ4v) is 3.66. The van der Waals surface area contributed by atoms with E-state index in [0.717, 1.165) is 20.8 Å². The van der Waals surface area contributed by atoms with Crippen LogP contribution in [0.15, 0.2) is 72.8 Å². The van der Waals surface area contributed by atoms with Crippen molar-refractivity contribution in [2.75, 3.05) is 11.9 Å². The van der Waals surface area contributed by atoms with Crippen molar-refractivity contribution < 1.29 is 9.53 Å². The normalized spacial score (nSPS) is 10.4. The van der Waals surface area contributed by atoms with E-state index >= 15 is 0 Å². The molecule has 136 valence electrons. The molecule has 6 heteroatoms. The van der Waals surface area contributed by atoms with Gasteiger partial charge in [0.25, 0.3) is 5.91 Å². The lowest BCUT2D eigenvalue weighted by Crippen LogP contribution is -2.20. The summed E-state index contributed by atoms with van der Waals surface area (Å²) in [5.74, 6) is 0.218. The number of amides is 1. The molecule has 0 spiro atoms. The van der Waals surface area contributed by atoms with E-state index in [2.05, 4.69) is 16.4 Å². The smallest absolute Gasteiger partial charge is 0.262 e. The molecular formula is C22H15N3O2S. The van der Waals surface area contributed by atoms with Gasteiger partial charge in [-0.25, -0.2) is 4.98 Å². The number of nitrogens with one attached hydrogen (secondary N) is 1. The topological polar surface area (TPSA) is 75.0 Å². The van der Waals surface area contributed by atoms with Crippen LogP contribution in [0.3, 0.4) is 0 Å². The van der Waals surface area contributed by atoms with Crippen LogP contribution in [0.2, 0.25) is 0 Å². The molecule has 0 aliphatic heterocycles. The van der Waals surface area contributed by atoms with E-state index in [1.54, 1.807) is 35.6 Å². The Bertz CT molecular complexity index is 1140. The molecule has 3 aromatic carbocycles. The summed E-state index contributed by atoms with van der Waals surface area (Å²) in [6.45, 7) is -0.130. The van der Waals surface area contributed by atoms with Crippen LogP contribution in [0.4, 0.5) is 5.69 Å². The summed E-state index contributed by atoms with van der Waals surface area (Å²) in [7, 11) is 0. The van der Waals surface area contributed by atoms with Crippen LogP contribution in [0.5, 0.6) is 5.75 Å². The van der Waals surface area contributed by atoms with Gasteiger partial charge >= 0.3 is 0 Å². The van der Waals surface area contributed by atoms with Crippen LogP contribution in [0, 0.1) is 11.3 Å². The second-order valence-electron chi connectivity index (χ2n) is 6.04. The fraction of sp³-hybridized carbons (Fsp3) is 0.0455. The molecule has 0 aliphatic rings. The first kappa shape index (κ1) is 17.7. The van der Waals surface area contributed by atoms with Crippen molar-refractivity contribution in [1.29, 1.82) is 5.26 Å². The number of carbonyl (C=O) groups is 1. The van der Waals surface area contributed by atoms with Gasteiger partial charge in [0.15, 0.2) is 6.61 Å². The van der Waals surface area contributed by atoms with Crippen molar-refractivity contribution in [3.63, 3.8) is 0 Å². The molecule has 1 aromatic heterocycles. The lowest BCUT2D eigenvalue weighted by molar-refractivity contribution is -0.118. The summed E-state index contributed by atoms with van der Waals surface area (Å²) in [6.07, 6.45) is 0. The van der Waals surface area contributed by atoms with Crippen LogP contribution in [0.25, 0.3) is 20.8 Å². The summed E-state index contributed by atoms with van der Waals surface area (Å²) < 4.78 is 6.58. The second kappa shape index (κ2) is 7.91. The quantitative estimate of drug-likeness (QED) is 0.533. The number of rotatable bonds is 5. The van der Waals surface area contributed by atoms with E-state index in [1.807, 2.05) is 48.5 Å². The molecule has 4 rings (SSSR count). The molecule has 0 bridgehead atoms. The van der Waals surface area contributed by atoms with Gasteiger partial charge in [0.1, 0.15) is 10.8 Å². The molecule has 0 atom stereocenters. The zero-order chi connectivity index (χ0) is 19.3. The van der Waals surface area contributed by atoms with Crippen molar-refractivity contribution in [3.8, 4) is 22.4 Å². The molecule has 1 heterocycles. The van der Waals surface area contributed by atoms with Crippen LogP contribution in [-0.2, 0) is 4.79 Å². The van der Waals surface area contributed by atoms with E-state index in [9.17, 15) is 4.79 Å². The Kier molecular flexibility index (Phi) is 5.00. The first-order valence-corrected chi connectivity index (χ1v) is 9.42. The van der Waals surface area contributed by atoms with Crippen LogP contribution >= 0.6 is 11.3 Å².